The predicted molar refractivity (Wildman–Crippen MR) is 70.1 cm³/mol. The van der Waals surface area contributed by atoms with E-state index in [1.54, 1.807) is 0 Å². The van der Waals surface area contributed by atoms with Crippen molar-refractivity contribution in [2.24, 2.45) is 0 Å². The Labute approximate surface area is 117 Å². The number of benzene rings is 1. The Balaban J connectivity index is 2.33. The first-order chi connectivity index (χ1) is 8.95. The first kappa shape index (κ1) is 14.7. The second-order valence-corrected chi connectivity index (χ2v) is 6.64. The lowest BCUT2D eigenvalue weighted by atomic mass is 10.2. The van der Waals surface area contributed by atoms with Crippen LogP contribution in [0.4, 0.5) is 4.39 Å². The van der Waals surface area contributed by atoms with E-state index in [-0.39, 0.29) is 22.4 Å². The zero-order valence-electron chi connectivity index (χ0n) is 10.5. The minimum Gasteiger partial charge on any atom is -0.376 e. The maximum atomic E-state index is 13.3. The normalized spacial score (nSPS) is 21.5. The molecule has 1 atom stereocenters. The van der Waals surface area contributed by atoms with Crippen LogP contribution in [-0.4, -0.2) is 38.5 Å². The molecule has 1 heterocycles. The van der Waals surface area contributed by atoms with Gasteiger partial charge in [0, 0.05) is 18.7 Å². The smallest absolute Gasteiger partial charge is 0.243 e. The van der Waals surface area contributed by atoms with Crippen LogP contribution in [0.3, 0.4) is 0 Å². The summed E-state index contributed by atoms with van der Waals surface area (Å²) in [6.45, 7) is 2.79. The highest BCUT2D eigenvalue weighted by atomic mass is 35.5. The van der Waals surface area contributed by atoms with Gasteiger partial charge in [-0.25, -0.2) is 12.8 Å². The molecule has 1 aliphatic heterocycles. The van der Waals surface area contributed by atoms with Crippen LogP contribution in [0.2, 0.25) is 0 Å². The average Bonchev–Trinajstić information content (AvgIpc) is 2.39. The van der Waals surface area contributed by atoms with Crippen LogP contribution < -0.4 is 0 Å². The molecule has 0 bridgehead atoms. The van der Waals surface area contributed by atoms with E-state index in [9.17, 15) is 12.8 Å². The lowest BCUT2D eigenvalue weighted by molar-refractivity contribution is 0.0102. The summed E-state index contributed by atoms with van der Waals surface area (Å²) in [6, 6.07) is 3.69. The second kappa shape index (κ2) is 5.75. The van der Waals surface area contributed by atoms with Crippen molar-refractivity contribution < 1.29 is 17.5 Å². The van der Waals surface area contributed by atoms with Gasteiger partial charge >= 0.3 is 0 Å². The van der Waals surface area contributed by atoms with Gasteiger partial charge in [0.05, 0.1) is 23.5 Å². The summed E-state index contributed by atoms with van der Waals surface area (Å²) in [5.41, 5.74) is 0.184. The Morgan fingerprint density at radius 1 is 1.53 bits per heavy atom. The van der Waals surface area contributed by atoms with Crippen molar-refractivity contribution >= 4 is 21.6 Å². The molecular formula is C12H15ClFNO3S. The number of morpholine rings is 1. The van der Waals surface area contributed by atoms with Crippen molar-refractivity contribution in [3.63, 3.8) is 0 Å². The van der Waals surface area contributed by atoms with Crippen LogP contribution >= 0.6 is 11.6 Å². The summed E-state index contributed by atoms with van der Waals surface area (Å²) in [6.07, 6.45) is -0.142. The Bertz CT molecular complexity index is 564. The molecular weight excluding hydrogens is 293 g/mol. The molecule has 1 saturated heterocycles. The molecule has 1 aromatic carbocycles. The maximum Gasteiger partial charge on any atom is 0.243 e. The van der Waals surface area contributed by atoms with Gasteiger partial charge in [-0.05, 0) is 25.1 Å². The van der Waals surface area contributed by atoms with Gasteiger partial charge in [-0.3, -0.25) is 0 Å². The number of alkyl halides is 1. The van der Waals surface area contributed by atoms with E-state index in [1.807, 2.05) is 6.92 Å². The van der Waals surface area contributed by atoms with Crippen LogP contribution in [0, 0.1) is 5.82 Å². The van der Waals surface area contributed by atoms with E-state index in [0.717, 1.165) is 6.07 Å². The molecule has 0 spiro atoms. The monoisotopic (exact) mass is 307 g/mol. The van der Waals surface area contributed by atoms with Crippen molar-refractivity contribution in [3.05, 3.63) is 29.6 Å². The number of hydrogen-bond donors (Lipinski definition) is 0. The van der Waals surface area contributed by atoms with Crippen LogP contribution in [0.15, 0.2) is 23.1 Å². The molecule has 7 heteroatoms. The SMILES string of the molecule is CC1CN(S(=O)(=O)c2ccc(F)c(CCl)c2)CCO1. The largest absolute Gasteiger partial charge is 0.376 e. The summed E-state index contributed by atoms with van der Waals surface area (Å²) in [4.78, 5) is 0.0682. The van der Waals surface area contributed by atoms with E-state index < -0.39 is 15.8 Å². The van der Waals surface area contributed by atoms with Gasteiger partial charge in [-0.1, -0.05) is 0 Å². The summed E-state index contributed by atoms with van der Waals surface area (Å²) >= 11 is 5.59. The lowest BCUT2D eigenvalue weighted by Gasteiger charge is -2.30. The summed E-state index contributed by atoms with van der Waals surface area (Å²) in [7, 11) is -3.62. The first-order valence-corrected chi connectivity index (χ1v) is 7.88. The number of nitrogens with zero attached hydrogens (tertiary/aromatic N) is 1. The zero-order chi connectivity index (χ0) is 14.0. The fourth-order valence-electron chi connectivity index (χ4n) is 1.97. The third kappa shape index (κ3) is 3.08. The quantitative estimate of drug-likeness (QED) is 0.802. The first-order valence-electron chi connectivity index (χ1n) is 5.91. The van der Waals surface area contributed by atoms with Crippen molar-refractivity contribution in [2.75, 3.05) is 19.7 Å². The highest BCUT2D eigenvalue weighted by molar-refractivity contribution is 7.89. The van der Waals surface area contributed by atoms with Crippen LogP contribution in [0.1, 0.15) is 12.5 Å². The molecule has 4 nitrogen and oxygen atoms in total. The standard InChI is InChI=1S/C12H15ClFNO3S/c1-9-8-15(4-5-18-9)19(16,17)11-2-3-12(14)10(6-11)7-13/h2-3,6,9H,4-5,7-8H2,1H3. The lowest BCUT2D eigenvalue weighted by Crippen LogP contribution is -2.44. The van der Waals surface area contributed by atoms with E-state index in [2.05, 4.69) is 0 Å². The summed E-state index contributed by atoms with van der Waals surface area (Å²) in [5.74, 6) is -0.557. The number of rotatable bonds is 3. The fourth-order valence-corrected chi connectivity index (χ4v) is 3.72. The molecule has 19 heavy (non-hydrogen) atoms. The third-order valence-electron chi connectivity index (χ3n) is 3.00. The van der Waals surface area contributed by atoms with Gasteiger partial charge in [-0.2, -0.15) is 4.31 Å². The van der Waals surface area contributed by atoms with Crippen molar-refractivity contribution in [3.8, 4) is 0 Å². The van der Waals surface area contributed by atoms with Gasteiger partial charge in [0.15, 0.2) is 0 Å². The maximum absolute atomic E-state index is 13.3. The second-order valence-electron chi connectivity index (χ2n) is 4.43. The van der Waals surface area contributed by atoms with Crippen molar-refractivity contribution in [1.29, 1.82) is 0 Å². The topological polar surface area (TPSA) is 46.6 Å². The summed E-state index contributed by atoms with van der Waals surface area (Å²) < 4.78 is 44.9. The molecule has 1 aliphatic rings. The van der Waals surface area contributed by atoms with Crippen LogP contribution in [0.5, 0.6) is 0 Å². The van der Waals surface area contributed by atoms with E-state index in [1.165, 1.54) is 16.4 Å². The molecule has 0 radical (unpaired) electrons. The van der Waals surface area contributed by atoms with Crippen LogP contribution in [0.25, 0.3) is 0 Å². The Morgan fingerprint density at radius 2 is 2.26 bits per heavy atom. The van der Waals surface area contributed by atoms with Gasteiger partial charge in [0.1, 0.15) is 5.82 Å². The molecule has 0 aliphatic carbocycles. The molecule has 0 amide bonds. The Kier molecular flexibility index (Phi) is 4.45. The molecule has 1 aromatic rings. The van der Waals surface area contributed by atoms with E-state index in [4.69, 9.17) is 16.3 Å². The molecule has 0 aromatic heterocycles. The Hall–Kier alpha value is -0.690. The van der Waals surface area contributed by atoms with Gasteiger partial charge in [0.2, 0.25) is 10.0 Å². The number of halogens is 2. The van der Waals surface area contributed by atoms with Gasteiger partial charge < -0.3 is 4.74 Å². The predicted octanol–water partition coefficient (Wildman–Crippen LogP) is 1.97. The highest BCUT2D eigenvalue weighted by Crippen LogP contribution is 2.22. The highest BCUT2D eigenvalue weighted by Gasteiger charge is 2.29. The number of sulfonamides is 1. The molecule has 1 fully saturated rings. The molecule has 0 N–H and O–H groups in total. The van der Waals surface area contributed by atoms with Gasteiger partial charge in [0.25, 0.3) is 0 Å². The number of hydrogen-bond acceptors (Lipinski definition) is 3. The molecule has 1 unspecified atom stereocenters. The van der Waals surface area contributed by atoms with E-state index >= 15 is 0 Å². The molecule has 2 rings (SSSR count). The fraction of sp³-hybridized carbons (Fsp3) is 0.500. The average molecular weight is 308 g/mol. The summed E-state index contributed by atoms with van der Waals surface area (Å²) in [5, 5.41) is 0. The molecule has 106 valence electrons. The van der Waals surface area contributed by atoms with Crippen molar-refractivity contribution in [1.82, 2.24) is 4.31 Å². The molecule has 0 saturated carbocycles. The van der Waals surface area contributed by atoms with Crippen molar-refractivity contribution in [2.45, 2.75) is 23.8 Å². The minimum atomic E-state index is -3.62. The third-order valence-corrected chi connectivity index (χ3v) is 5.15. The zero-order valence-corrected chi connectivity index (χ0v) is 12.0. The Morgan fingerprint density at radius 3 is 2.89 bits per heavy atom. The minimum absolute atomic E-state index is 0.0608. The van der Waals surface area contributed by atoms with Gasteiger partial charge in [-0.15, -0.1) is 11.6 Å². The van der Waals surface area contributed by atoms with Crippen LogP contribution in [-0.2, 0) is 20.6 Å². The number of ether oxygens (including phenoxy) is 1. The van der Waals surface area contributed by atoms with E-state index in [0.29, 0.717) is 19.7 Å².